The number of para-hydroxylation sites is 2. The Morgan fingerprint density at radius 1 is 0.861 bits per heavy atom. The van der Waals surface area contributed by atoms with E-state index < -0.39 is 0 Å². The lowest BCUT2D eigenvalue weighted by Crippen LogP contribution is -2.41. The number of rotatable bonds is 8. The highest BCUT2D eigenvalue weighted by Gasteiger charge is 2.27. The predicted molar refractivity (Wildman–Crippen MR) is 141 cm³/mol. The van der Waals surface area contributed by atoms with Crippen LogP contribution in [-0.2, 0) is 17.8 Å². The average Bonchev–Trinajstić information content (AvgIpc) is 3.25. The summed E-state index contributed by atoms with van der Waals surface area (Å²) in [7, 11) is 0. The number of aromatic amines is 1. The Kier molecular flexibility index (Phi) is 7.47. The summed E-state index contributed by atoms with van der Waals surface area (Å²) in [6, 6.07) is 28.5. The van der Waals surface area contributed by atoms with E-state index in [1.54, 1.807) is 4.90 Å². The molecule has 0 aliphatic carbocycles. The second-order valence-electron chi connectivity index (χ2n) is 9.33. The second-order valence-corrected chi connectivity index (χ2v) is 9.33. The van der Waals surface area contributed by atoms with Crippen molar-refractivity contribution in [2.45, 2.75) is 32.0 Å². The lowest BCUT2D eigenvalue weighted by Gasteiger charge is -2.32. The Hall–Kier alpha value is -3.84. The molecular weight excluding hydrogens is 452 g/mol. The van der Waals surface area contributed by atoms with Gasteiger partial charge in [0.25, 0.3) is 0 Å². The minimum Gasteiger partial charge on any atom is -0.448 e. The van der Waals surface area contributed by atoms with Crippen LogP contribution in [0.3, 0.4) is 0 Å². The van der Waals surface area contributed by atoms with Gasteiger partial charge in [-0.2, -0.15) is 0 Å². The van der Waals surface area contributed by atoms with E-state index in [1.165, 1.54) is 11.1 Å². The van der Waals surface area contributed by atoms with Crippen molar-refractivity contribution >= 4 is 17.1 Å². The zero-order valence-corrected chi connectivity index (χ0v) is 20.4. The molecule has 0 atom stereocenters. The third-order valence-electron chi connectivity index (χ3n) is 6.84. The van der Waals surface area contributed by atoms with Gasteiger partial charge in [0.1, 0.15) is 6.61 Å². The van der Waals surface area contributed by atoms with Crippen molar-refractivity contribution in [3.8, 4) is 0 Å². The van der Waals surface area contributed by atoms with Crippen molar-refractivity contribution in [1.29, 1.82) is 0 Å². The fourth-order valence-corrected chi connectivity index (χ4v) is 4.99. The van der Waals surface area contributed by atoms with Gasteiger partial charge in [-0.1, -0.05) is 72.8 Å². The highest BCUT2D eigenvalue weighted by molar-refractivity contribution is 5.75. The van der Waals surface area contributed by atoms with Gasteiger partial charge in [-0.25, -0.2) is 9.59 Å². The summed E-state index contributed by atoms with van der Waals surface area (Å²) < 4.78 is 7.51. The molecule has 0 saturated carbocycles. The molecule has 5 rings (SSSR count). The number of piperidine rings is 1. The number of likely N-dealkylation sites (tertiary alicyclic amines) is 1. The number of amides is 1. The van der Waals surface area contributed by atoms with Crippen molar-refractivity contribution in [2.75, 3.05) is 26.2 Å². The van der Waals surface area contributed by atoms with E-state index >= 15 is 0 Å². The van der Waals surface area contributed by atoms with E-state index in [0.717, 1.165) is 37.0 Å². The Morgan fingerprint density at radius 2 is 1.44 bits per heavy atom. The molecule has 1 aliphatic rings. The Bertz CT molecular complexity index is 1280. The summed E-state index contributed by atoms with van der Waals surface area (Å²) in [4.78, 5) is 32.3. The zero-order valence-electron chi connectivity index (χ0n) is 20.4. The van der Waals surface area contributed by atoms with Crippen molar-refractivity contribution in [1.82, 2.24) is 19.4 Å². The molecule has 2 heterocycles. The topological polar surface area (TPSA) is 70.6 Å². The van der Waals surface area contributed by atoms with Crippen molar-refractivity contribution in [3.63, 3.8) is 0 Å². The molecule has 1 N–H and O–H groups in total. The quantitative estimate of drug-likeness (QED) is 0.390. The van der Waals surface area contributed by atoms with Gasteiger partial charge >= 0.3 is 11.8 Å². The Balaban J connectivity index is 1.14. The summed E-state index contributed by atoms with van der Waals surface area (Å²) in [5.41, 5.74) is 4.14. The number of hydrogen-bond acceptors (Lipinski definition) is 4. The lowest BCUT2D eigenvalue weighted by molar-refractivity contribution is 0.0770. The summed E-state index contributed by atoms with van der Waals surface area (Å²) in [5, 5.41) is 0. The van der Waals surface area contributed by atoms with Gasteiger partial charge < -0.3 is 14.6 Å². The molecule has 0 spiro atoms. The van der Waals surface area contributed by atoms with Crippen LogP contribution in [0.2, 0.25) is 0 Å². The van der Waals surface area contributed by atoms with E-state index in [4.69, 9.17) is 4.74 Å². The van der Waals surface area contributed by atoms with Crippen LogP contribution in [0.4, 0.5) is 4.79 Å². The van der Waals surface area contributed by atoms with Crippen LogP contribution in [-0.4, -0.2) is 51.7 Å². The van der Waals surface area contributed by atoms with Crippen LogP contribution in [0.5, 0.6) is 0 Å². The first-order chi connectivity index (χ1) is 17.7. The summed E-state index contributed by atoms with van der Waals surface area (Å²) in [6.45, 7) is 3.72. The highest BCUT2D eigenvalue weighted by atomic mass is 16.6. The number of nitrogens with zero attached hydrogens (tertiary/aromatic N) is 3. The maximum Gasteiger partial charge on any atom is 0.409 e. The molecule has 0 radical (unpaired) electrons. The maximum absolute atomic E-state index is 12.8. The number of imidazole rings is 1. The maximum atomic E-state index is 12.8. The third kappa shape index (κ3) is 5.69. The molecule has 0 unspecified atom stereocenters. The predicted octanol–water partition coefficient (Wildman–Crippen LogP) is 4.81. The van der Waals surface area contributed by atoms with E-state index in [0.29, 0.717) is 26.2 Å². The first-order valence-electron chi connectivity index (χ1n) is 12.6. The van der Waals surface area contributed by atoms with E-state index in [-0.39, 0.29) is 17.8 Å². The first-order valence-corrected chi connectivity index (χ1v) is 12.6. The van der Waals surface area contributed by atoms with Crippen LogP contribution in [0.25, 0.3) is 11.0 Å². The Labute approximate surface area is 210 Å². The first kappa shape index (κ1) is 23.9. The monoisotopic (exact) mass is 484 g/mol. The lowest BCUT2D eigenvalue weighted by atomic mass is 10.0. The SMILES string of the molecule is O=C(OCCN(Cc1ccccc1)Cc1ccccc1)N1CCC(n2c(=O)[nH]c3ccccc32)CC1. The molecule has 1 amide bonds. The Morgan fingerprint density at radius 3 is 2.08 bits per heavy atom. The molecule has 4 aromatic rings. The number of aromatic nitrogens is 2. The van der Waals surface area contributed by atoms with Crippen molar-refractivity contribution in [2.24, 2.45) is 0 Å². The zero-order chi connectivity index (χ0) is 24.7. The van der Waals surface area contributed by atoms with Gasteiger partial charge in [0.15, 0.2) is 0 Å². The van der Waals surface area contributed by atoms with E-state index in [2.05, 4.69) is 34.1 Å². The van der Waals surface area contributed by atoms with Crippen LogP contribution in [0.15, 0.2) is 89.7 Å². The van der Waals surface area contributed by atoms with E-state index in [9.17, 15) is 9.59 Å². The molecule has 7 heteroatoms. The van der Waals surface area contributed by atoms with Gasteiger partial charge in [0, 0.05) is 38.8 Å². The molecule has 3 aromatic carbocycles. The number of benzene rings is 3. The van der Waals surface area contributed by atoms with Gasteiger partial charge in [-0.15, -0.1) is 0 Å². The number of H-pyrrole nitrogens is 1. The van der Waals surface area contributed by atoms with Gasteiger partial charge in [0.2, 0.25) is 0 Å². The minimum atomic E-state index is -0.279. The molecule has 1 aromatic heterocycles. The average molecular weight is 485 g/mol. The molecule has 1 saturated heterocycles. The number of fused-ring (bicyclic) bond motifs is 1. The molecular formula is C29H32N4O3. The smallest absolute Gasteiger partial charge is 0.409 e. The number of carbonyl (C=O) groups is 1. The van der Waals surface area contributed by atoms with Crippen LogP contribution in [0.1, 0.15) is 30.0 Å². The molecule has 186 valence electrons. The second kappa shape index (κ2) is 11.3. The van der Waals surface area contributed by atoms with E-state index in [1.807, 2.05) is 65.2 Å². The van der Waals surface area contributed by atoms with Crippen LogP contribution < -0.4 is 5.69 Å². The third-order valence-corrected chi connectivity index (χ3v) is 6.84. The standard InChI is InChI=1S/C29H32N4O3/c34-28-30-26-13-7-8-14-27(26)33(28)25-15-17-32(18-16-25)29(35)36-20-19-31(21-23-9-3-1-4-10-23)22-24-11-5-2-6-12-24/h1-14,25H,15-22H2,(H,30,34). The van der Waals surface area contributed by atoms with Crippen LogP contribution >= 0.6 is 0 Å². The number of ether oxygens (including phenoxy) is 1. The largest absolute Gasteiger partial charge is 0.448 e. The van der Waals surface area contributed by atoms with Gasteiger partial charge in [0.05, 0.1) is 11.0 Å². The number of hydrogen-bond donors (Lipinski definition) is 1. The fraction of sp³-hybridized carbons (Fsp3) is 0.310. The van der Waals surface area contributed by atoms with Gasteiger partial charge in [-0.05, 0) is 36.1 Å². The molecule has 1 fully saturated rings. The number of nitrogens with one attached hydrogen (secondary N) is 1. The van der Waals surface area contributed by atoms with Crippen LogP contribution in [0, 0.1) is 0 Å². The summed E-state index contributed by atoms with van der Waals surface area (Å²) in [6.07, 6.45) is 1.18. The van der Waals surface area contributed by atoms with Gasteiger partial charge in [-0.3, -0.25) is 9.47 Å². The fourth-order valence-electron chi connectivity index (χ4n) is 4.99. The molecule has 36 heavy (non-hydrogen) atoms. The minimum absolute atomic E-state index is 0.0740. The molecule has 1 aliphatic heterocycles. The van der Waals surface area contributed by atoms with Crippen molar-refractivity contribution in [3.05, 3.63) is 107 Å². The summed E-state index contributed by atoms with van der Waals surface area (Å²) >= 11 is 0. The number of carbonyl (C=O) groups excluding carboxylic acids is 1. The normalized spacial score (nSPS) is 14.4. The van der Waals surface area contributed by atoms with Crippen molar-refractivity contribution < 1.29 is 9.53 Å². The highest BCUT2D eigenvalue weighted by Crippen LogP contribution is 2.25. The molecule has 0 bridgehead atoms. The summed E-state index contributed by atoms with van der Waals surface area (Å²) in [5.74, 6) is 0. The molecule has 7 nitrogen and oxygen atoms in total.